The molecule has 0 aliphatic carbocycles. The van der Waals surface area contributed by atoms with E-state index < -0.39 is 20.2 Å². The number of rotatable bonds is 7. The summed E-state index contributed by atoms with van der Waals surface area (Å²) in [4.78, 5) is -0.0819. The molecule has 0 saturated heterocycles. The van der Waals surface area contributed by atoms with Crippen molar-refractivity contribution >= 4 is 20.2 Å². The first-order valence-corrected chi connectivity index (χ1v) is 14.0. The van der Waals surface area contributed by atoms with Gasteiger partial charge in [0.25, 0.3) is 20.2 Å². The Hall–Kier alpha value is -4.16. The summed E-state index contributed by atoms with van der Waals surface area (Å²) in [6.45, 7) is 0. The Morgan fingerprint density at radius 3 is 1.21 bits per heavy atom. The van der Waals surface area contributed by atoms with E-state index >= 15 is 0 Å². The van der Waals surface area contributed by atoms with E-state index in [1.165, 1.54) is 24.3 Å². The van der Waals surface area contributed by atoms with Crippen LogP contribution in [0.3, 0.4) is 0 Å². The maximum Gasteiger partial charge on any atom is 0.296 e. The van der Waals surface area contributed by atoms with Gasteiger partial charge in [0, 0.05) is 11.1 Å². The molecule has 0 radical (unpaired) electrons. The normalized spacial score (nSPS) is 11.9. The third-order valence-corrected chi connectivity index (χ3v) is 8.03. The Kier molecular flexibility index (Phi) is 6.67. The van der Waals surface area contributed by atoms with Gasteiger partial charge >= 0.3 is 0 Å². The molecule has 5 aromatic rings. The van der Waals surface area contributed by atoms with Crippen LogP contribution in [-0.2, 0) is 24.4 Å². The highest BCUT2D eigenvalue weighted by Gasteiger charge is 2.14. The van der Waals surface area contributed by atoms with Crippen molar-refractivity contribution < 1.29 is 30.0 Å². The first-order chi connectivity index (χ1) is 18.1. The van der Waals surface area contributed by atoms with E-state index in [2.05, 4.69) is 14.4 Å². The van der Waals surface area contributed by atoms with Crippen molar-refractivity contribution in [2.45, 2.75) is 9.79 Å². The van der Waals surface area contributed by atoms with Gasteiger partial charge in [0.1, 0.15) is 0 Å². The van der Waals surface area contributed by atoms with Gasteiger partial charge in [-0.2, -0.15) is 16.8 Å². The van der Waals surface area contributed by atoms with Crippen LogP contribution in [0, 0.1) is 0 Å². The average molecular weight is 549 g/mol. The summed E-state index contributed by atoms with van der Waals surface area (Å²) in [7, 11) is -6.86. The van der Waals surface area contributed by atoms with Crippen molar-refractivity contribution in [3.63, 3.8) is 0 Å². The third-order valence-electron chi connectivity index (χ3n) is 5.87. The molecular weight excluding hydrogens is 528 g/mol. The molecule has 0 atom stereocenters. The fourth-order valence-corrected chi connectivity index (χ4v) is 4.94. The highest BCUT2D eigenvalue weighted by Crippen LogP contribution is 2.29. The summed E-state index contributed by atoms with van der Waals surface area (Å²) in [6.07, 6.45) is 0. The SMILES string of the molecule is COS(=O)(=O)c1ccc(-c2ccc(-c3nnc(-c4ccc(-c5ccc(S(=O)(=O)O)cc5)cc4)o3)cc2)cc1. The molecule has 0 bridgehead atoms. The maximum atomic E-state index is 11.8. The Balaban J connectivity index is 1.31. The van der Waals surface area contributed by atoms with Gasteiger partial charge in [-0.1, -0.05) is 48.5 Å². The van der Waals surface area contributed by atoms with E-state index in [0.29, 0.717) is 17.3 Å². The zero-order valence-electron chi connectivity index (χ0n) is 19.8. The molecule has 0 saturated carbocycles. The molecule has 192 valence electrons. The smallest absolute Gasteiger partial charge is 0.296 e. The summed E-state index contributed by atoms with van der Waals surface area (Å²) in [5.41, 5.74) is 4.79. The van der Waals surface area contributed by atoms with Gasteiger partial charge in [0.2, 0.25) is 11.8 Å². The molecule has 0 unspecified atom stereocenters. The standard InChI is InChI=1S/C27H20N2O7S2/c1-35-38(33,34)25-16-12-21(13-17-25)19-4-8-23(9-5-19)27-29-28-26(36-27)22-6-2-18(3-7-22)20-10-14-24(15-11-20)37(30,31)32/h2-17H,1H3,(H,30,31,32). The predicted molar refractivity (Wildman–Crippen MR) is 140 cm³/mol. The lowest BCUT2D eigenvalue weighted by Crippen LogP contribution is -2.02. The molecule has 0 aliphatic rings. The lowest BCUT2D eigenvalue weighted by molar-refractivity contribution is 0.398. The van der Waals surface area contributed by atoms with Crippen LogP contribution in [0.25, 0.3) is 45.2 Å². The van der Waals surface area contributed by atoms with Crippen molar-refractivity contribution in [2.24, 2.45) is 0 Å². The molecule has 38 heavy (non-hydrogen) atoms. The van der Waals surface area contributed by atoms with Gasteiger partial charge in [-0.05, 0) is 70.8 Å². The summed E-state index contributed by atoms with van der Waals surface area (Å²) in [5.74, 6) is 0.685. The predicted octanol–water partition coefficient (Wildman–Crippen LogP) is 5.32. The van der Waals surface area contributed by atoms with Gasteiger partial charge in [0.15, 0.2) is 0 Å². The van der Waals surface area contributed by atoms with E-state index in [1.807, 2.05) is 48.5 Å². The van der Waals surface area contributed by atoms with Gasteiger partial charge in [-0.15, -0.1) is 10.2 Å². The molecule has 5 rings (SSSR count). The molecule has 11 heteroatoms. The number of aromatic nitrogens is 2. The van der Waals surface area contributed by atoms with E-state index in [4.69, 9.17) is 8.97 Å². The van der Waals surface area contributed by atoms with Crippen LogP contribution in [0.4, 0.5) is 0 Å². The van der Waals surface area contributed by atoms with Crippen molar-refractivity contribution in [2.75, 3.05) is 7.11 Å². The fraction of sp³-hybridized carbons (Fsp3) is 0.0370. The van der Waals surface area contributed by atoms with E-state index in [9.17, 15) is 16.8 Å². The molecule has 0 aliphatic heterocycles. The van der Waals surface area contributed by atoms with Crippen molar-refractivity contribution in [1.29, 1.82) is 0 Å². The summed E-state index contributed by atoms with van der Waals surface area (Å²) in [6, 6.07) is 27.1. The molecular formula is C27H20N2O7S2. The molecule has 0 amide bonds. The van der Waals surface area contributed by atoms with Gasteiger partial charge < -0.3 is 4.42 Å². The number of benzene rings is 4. The van der Waals surface area contributed by atoms with Crippen LogP contribution in [0.1, 0.15) is 0 Å². The lowest BCUT2D eigenvalue weighted by Gasteiger charge is -2.05. The third kappa shape index (κ3) is 5.27. The molecule has 0 fully saturated rings. The van der Waals surface area contributed by atoms with Crippen LogP contribution in [-0.4, -0.2) is 38.7 Å². The Morgan fingerprint density at radius 2 is 0.868 bits per heavy atom. The molecule has 4 aromatic carbocycles. The van der Waals surface area contributed by atoms with Gasteiger partial charge in [-0.3, -0.25) is 8.74 Å². The molecule has 9 nitrogen and oxygen atoms in total. The van der Waals surface area contributed by atoms with Crippen LogP contribution in [0.5, 0.6) is 0 Å². The van der Waals surface area contributed by atoms with Crippen molar-refractivity contribution in [3.05, 3.63) is 97.1 Å². The Morgan fingerprint density at radius 1 is 0.553 bits per heavy atom. The second-order valence-electron chi connectivity index (χ2n) is 8.21. The summed E-state index contributed by atoms with van der Waals surface area (Å²) in [5, 5.41) is 8.29. The highest BCUT2D eigenvalue weighted by molar-refractivity contribution is 7.86. The second kappa shape index (κ2) is 9.95. The largest absolute Gasteiger partial charge is 0.416 e. The zero-order chi connectivity index (χ0) is 26.9. The minimum absolute atomic E-state index is 0.0850. The maximum absolute atomic E-state index is 11.8. The summed E-state index contributed by atoms with van der Waals surface area (Å²) < 4.78 is 65.6. The van der Waals surface area contributed by atoms with E-state index in [0.717, 1.165) is 34.9 Å². The van der Waals surface area contributed by atoms with E-state index in [-0.39, 0.29) is 9.79 Å². The van der Waals surface area contributed by atoms with Gasteiger partial charge in [0.05, 0.1) is 16.9 Å². The fourth-order valence-electron chi connectivity index (χ4n) is 3.80. The molecule has 0 spiro atoms. The zero-order valence-corrected chi connectivity index (χ0v) is 21.5. The van der Waals surface area contributed by atoms with Crippen LogP contribution < -0.4 is 0 Å². The second-order valence-corrected chi connectivity index (χ2v) is 11.3. The number of hydrogen-bond donors (Lipinski definition) is 1. The molecule has 1 heterocycles. The first kappa shape index (κ1) is 25.5. The first-order valence-electron chi connectivity index (χ1n) is 11.2. The van der Waals surface area contributed by atoms with Crippen LogP contribution in [0.2, 0.25) is 0 Å². The Labute approximate surface area is 219 Å². The highest BCUT2D eigenvalue weighted by atomic mass is 32.2. The lowest BCUT2D eigenvalue weighted by atomic mass is 10.0. The average Bonchev–Trinajstić information content (AvgIpc) is 3.43. The van der Waals surface area contributed by atoms with E-state index in [1.54, 1.807) is 24.3 Å². The van der Waals surface area contributed by atoms with Crippen molar-refractivity contribution in [1.82, 2.24) is 10.2 Å². The summed E-state index contributed by atoms with van der Waals surface area (Å²) >= 11 is 0. The molecule has 1 aromatic heterocycles. The Bertz CT molecular complexity index is 1790. The quantitative estimate of drug-likeness (QED) is 0.212. The number of hydrogen-bond acceptors (Lipinski definition) is 8. The van der Waals surface area contributed by atoms with Crippen LogP contribution >= 0.6 is 0 Å². The number of nitrogens with zero attached hydrogens (tertiary/aromatic N) is 2. The van der Waals surface area contributed by atoms with Crippen molar-refractivity contribution in [3.8, 4) is 45.2 Å². The minimum atomic E-state index is -4.24. The van der Waals surface area contributed by atoms with Crippen LogP contribution in [0.15, 0.2) is 111 Å². The molecule has 1 N–H and O–H groups in total. The topological polar surface area (TPSA) is 137 Å². The minimum Gasteiger partial charge on any atom is -0.416 e. The monoisotopic (exact) mass is 548 g/mol. The van der Waals surface area contributed by atoms with Gasteiger partial charge in [-0.25, -0.2) is 0 Å².